The molecule has 21 heavy (non-hydrogen) atoms. The lowest BCUT2D eigenvalue weighted by Gasteiger charge is -2.33. The fourth-order valence-corrected chi connectivity index (χ4v) is 3.98. The molecule has 0 aromatic carbocycles. The van der Waals surface area contributed by atoms with E-state index in [1.807, 2.05) is 0 Å². The van der Waals surface area contributed by atoms with E-state index >= 15 is 0 Å². The Morgan fingerprint density at radius 2 is 1.71 bits per heavy atom. The maximum Gasteiger partial charge on any atom is 0.319 e. The molecule has 0 radical (unpaired) electrons. The van der Waals surface area contributed by atoms with Crippen LogP contribution in [0.15, 0.2) is 0 Å². The van der Waals surface area contributed by atoms with E-state index in [1.54, 1.807) is 13.8 Å². The van der Waals surface area contributed by atoms with Crippen molar-refractivity contribution < 1.29 is 14.7 Å². The first kappa shape index (κ1) is 20.5. The van der Waals surface area contributed by atoms with E-state index in [0.717, 1.165) is 44.8 Å². The summed E-state index contributed by atoms with van der Waals surface area (Å²) in [6, 6.07) is 0. The fraction of sp³-hybridized carbons (Fsp3) is 0.882. The quantitative estimate of drug-likeness (QED) is 0.526. The molecule has 0 aromatic heterocycles. The summed E-state index contributed by atoms with van der Waals surface area (Å²) in [7, 11) is 0. The van der Waals surface area contributed by atoms with Crippen molar-refractivity contribution in [1.29, 1.82) is 0 Å². The number of aliphatic carboxylic acids is 1. The summed E-state index contributed by atoms with van der Waals surface area (Å²) in [5.41, 5.74) is 0. The third-order valence-electron chi connectivity index (χ3n) is 4.01. The molecule has 0 spiro atoms. The van der Waals surface area contributed by atoms with Gasteiger partial charge in [-0.2, -0.15) is 0 Å². The zero-order valence-corrected chi connectivity index (χ0v) is 15.0. The van der Waals surface area contributed by atoms with Gasteiger partial charge in [0.1, 0.15) is 11.0 Å². The van der Waals surface area contributed by atoms with Gasteiger partial charge in [0.25, 0.3) is 0 Å². The van der Waals surface area contributed by atoms with Crippen molar-refractivity contribution in [3.8, 4) is 0 Å². The van der Waals surface area contributed by atoms with Gasteiger partial charge in [0.05, 0.1) is 0 Å². The molecule has 0 heterocycles. The maximum absolute atomic E-state index is 11.5. The Bertz CT molecular complexity index is 315. The Morgan fingerprint density at radius 1 is 1.19 bits per heavy atom. The number of thioether (sulfide) groups is 1. The average molecular weight is 317 g/mol. The second-order valence-corrected chi connectivity index (χ2v) is 8.26. The number of carbonyl (C=O) groups excluding carboxylic acids is 1. The molecule has 0 rings (SSSR count). The van der Waals surface area contributed by atoms with Crippen LogP contribution in [0.3, 0.4) is 0 Å². The number of unbranched alkanes of at least 4 members (excludes halogenated alkanes) is 2. The van der Waals surface area contributed by atoms with Crippen LogP contribution in [0.2, 0.25) is 0 Å². The van der Waals surface area contributed by atoms with Crippen LogP contribution < -0.4 is 0 Å². The van der Waals surface area contributed by atoms with Crippen LogP contribution in [0.4, 0.5) is 0 Å². The normalized spacial score (nSPS) is 16.2. The van der Waals surface area contributed by atoms with Gasteiger partial charge in [-0.3, -0.25) is 4.79 Å². The minimum absolute atomic E-state index is 0.0413. The second-order valence-electron chi connectivity index (χ2n) is 6.46. The predicted octanol–water partition coefficient (Wildman–Crippen LogP) is 4.78. The van der Waals surface area contributed by atoms with E-state index in [2.05, 4.69) is 20.8 Å². The number of hydrogen-bond acceptors (Lipinski definition) is 3. The molecule has 1 N–H and O–H groups in total. The zero-order valence-electron chi connectivity index (χ0n) is 14.2. The molecule has 0 aliphatic carbocycles. The summed E-state index contributed by atoms with van der Waals surface area (Å²) in [6.45, 7) is 9.91. The molecule has 0 saturated carbocycles. The van der Waals surface area contributed by atoms with Crippen molar-refractivity contribution in [2.24, 2.45) is 11.8 Å². The number of aldehydes is 1. The van der Waals surface area contributed by atoms with Crippen molar-refractivity contribution in [1.82, 2.24) is 0 Å². The molecule has 0 unspecified atom stereocenters. The van der Waals surface area contributed by atoms with Crippen LogP contribution in [0.5, 0.6) is 0 Å². The van der Waals surface area contributed by atoms with Crippen LogP contribution in [0, 0.1) is 11.8 Å². The minimum Gasteiger partial charge on any atom is -0.480 e. The van der Waals surface area contributed by atoms with Crippen molar-refractivity contribution in [2.75, 3.05) is 0 Å². The largest absolute Gasteiger partial charge is 0.480 e. The molecule has 0 aliphatic heterocycles. The molecular formula is C17H32O3S. The highest BCUT2D eigenvalue weighted by Gasteiger charge is 2.36. The van der Waals surface area contributed by atoms with Gasteiger partial charge in [-0.05, 0) is 32.6 Å². The van der Waals surface area contributed by atoms with Crippen molar-refractivity contribution in [3.05, 3.63) is 0 Å². The van der Waals surface area contributed by atoms with Gasteiger partial charge in [0.15, 0.2) is 0 Å². The SMILES string of the molecule is CCCC[C@@H](C)[C@@H](SC(C)(C)C(=O)O)[C@@H](C=O)CCCC. The molecule has 0 amide bonds. The molecule has 0 aromatic rings. The minimum atomic E-state index is -0.849. The van der Waals surface area contributed by atoms with Crippen LogP contribution in [-0.2, 0) is 9.59 Å². The molecule has 0 fully saturated rings. The van der Waals surface area contributed by atoms with Crippen LogP contribution in [0.1, 0.15) is 73.1 Å². The molecule has 124 valence electrons. The van der Waals surface area contributed by atoms with Gasteiger partial charge < -0.3 is 9.90 Å². The highest BCUT2D eigenvalue weighted by molar-refractivity contribution is 8.02. The summed E-state index contributed by atoms with van der Waals surface area (Å²) < 4.78 is -0.849. The third-order valence-corrected chi connectivity index (χ3v) is 5.86. The first-order chi connectivity index (χ1) is 9.80. The highest BCUT2D eigenvalue weighted by atomic mass is 32.2. The van der Waals surface area contributed by atoms with Crippen molar-refractivity contribution >= 4 is 24.0 Å². The van der Waals surface area contributed by atoms with E-state index in [1.165, 1.54) is 11.8 Å². The van der Waals surface area contributed by atoms with Gasteiger partial charge in [-0.15, -0.1) is 11.8 Å². The fourth-order valence-electron chi connectivity index (χ4n) is 2.46. The van der Waals surface area contributed by atoms with Crippen molar-refractivity contribution in [3.63, 3.8) is 0 Å². The maximum atomic E-state index is 11.5. The van der Waals surface area contributed by atoms with E-state index in [4.69, 9.17) is 0 Å². The van der Waals surface area contributed by atoms with Gasteiger partial charge in [0.2, 0.25) is 0 Å². The zero-order chi connectivity index (χ0) is 16.5. The number of rotatable bonds is 12. The van der Waals surface area contributed by atoms with Gasteiger partial charge >= 0.3 is 5.97 Å². The summed E-state index contributed by atoms with van der Waals surface area (Å²) in [5.74, 6) is -0.485. The Morgan fingerprint density at radius 3 is 2.14 bits per heavy atom. The molecule has 4 heteroatoms. The Labute approximate surface area is 134 Å². The monoisotopic (exact) mass is 316 g/mol. The lowest BCUT2D eigenvalue weighted by Crippen LogP contribution is -2.36. The summed E-state index contributed by atoms with van der Waals surface area (Å²) in [6.07, 6.45) is 7.32. The lowest BCUT2D eigenvalue weighted by atomic mass is 9.89. The predicted molar refractivity (Wildman–Crippen MR) is 90.9 cm³/mol. The first-order valence-electron chi connectivity index (χ1n) is 8.16. The molecule has 0 aliphatic rings. The third kappa shape index (κ3) is 7.35. The first-order valence-corrected chi connectivity index (χ1v) is 9.04. The standard InChI is InChI=1S/C17H32O3S/c1-6-8-10-13(3)15(14(12-18)11-9-7-2)21-17(4,5)16(19)20/h12-15H,6-11H2,1-5H3,(H,19,20)/t13-,14-,15-/m1/s1. The summed E-state index contributed by atoms with van der Waals surface area (Å²) >= 11 is 1.47. The van der Waals surface area contributed by atoms with Gasteiger partial charge in [-0.1, -0.05) is 46.5 Å². The van der Waals surface area contributed by atoms with E-state index in [9.17, 15) is 14.7 Å². The molecule has 0 saturated heterocycles. The Balaban J connectivity index is 5.05. The Kier molecular flexibility index (Phi) is 10.0. The van der Waals surface area contributed by atoms with E-state index in [0.29, 0.717) is 5.92 Å². The van der Waals surface area contributed by atoms with E-state index < -0.39 is 10.7 Å². The van der Waals surface area contributed by atoms with Gasteiger partial charge in [-0.25, -0.2) is 0 Å². The number of carbonyl (C=O) groups is 2. The van der Waals surface area contributed by atoms with Crippen LogP contribution in [0.25, 0.3) is 0 Å². The van der Waals surface area contributed by atoms with Crippen molar-refractivity contribution in [2.45, 2.75) is 83.1 Å². The Hall–Kier alpha value is -0.510. The molecular weight excluding hydrogens is 284 g/mol. The van der Waals surface area contributed by atoms with Crippen LogP contribution in [-0.4, -0.2) is 27.4 Å². The molecule has 3 nitrogen and oxygen atoms in total. The smallest absolute Gasteiger partial charge is 0.319 e. The average Bonchev–Trinajstić information content (AvgIpc) is 2.43. The van der Waals surface area contributed by atoms with Gasteiger partial charge in [0, 0.05) is 11.2 Å². The van der Waals surface area contributed by atoms with E-state index in [-0.39, 0.29) is 11.2 Å². The topological polar surface area (TPSA) is 54.4 Å². The molecule has 3 atom stereocenters. The number of carboxylic acids is 1. The molecule has 0 bridgehead atoms. The highest BCUT2D eigenvalue weighted by Crippen LogP contribution is 2.39. The summed E-state index contributed by atoms with van der Waals surface area (Å²) in [5, 5.41) is 9.46. The lowest BCUT2D eigenvalue weighted by molar-refractivity contribution is -0.139. The number of hydrogen-bond donors (Lipinski definition) is 1. The number of carboxylic acid groups (broad SMARTS) is 1. The van der Waals surface area contributed by atoms with Crippen LogP contribution >= 0.6 is 11.8 Å². The second kappa shape index (κ2) is 10.3. The summed E-state index contributed by atoms with van der Waals surface area (Å²) in [4.78, 5) is 22.9.